The minimum atomic E-state index is -0.246. The Morgan fingerprint density at radius 2 is 2.18 bits per heavy atom. The van der Waals surface area contributed by atoms with Gasteiger partial charge in [-0.2, -0.15) is 0 Å². The molecule has 4 heteroatoms. The highest BCUT2D eigenvalue weighted by molar-refractivity contribution is 6.33. The summed E-state index contributed by atoms with van der Waals surface area (Å²) in [7, 11) is 1.63. The van der Waals surface area contributed by atoms with E-state index in [4.69, 9.17) is 16.3 Å². The lowest BCUT2D eigenvalue weighted by Crippen LogP contribution is -2.56. The largest absolute Gasteiger partial charge is 0.497 e. The van der Waals surface area contributed by atoms with Crippen LogP contribution in [0.2, 0.25) is 5.02 Å². The van der Waals surface area contributed by atoms with Crippen molar-refractivity contribution in [3.63, 3.8) is 0 Å². The highest BCUT2D eigenvalue weighted by Gasteiger charge is 2.47. The third-order valence-electron chi connectivity index (χ3n) is 3.72. The van der Waals surface area contributed by atoms with Crippen molar-refractivity contribution >= 4 is 17.3 Å². The zero-order valence-corrected chi connectivity index (χ0v) is 11.1. The molecule has 2 atom stereocenters. The summed E-state index contributed by atoms with van der Waals surface area (Å²) in [4.78, 5) is 0. The molecule has 0 heterocycles. The number of rotatable bonds is 3. The van der Waals surface area contributed by atoms with Gasteiger partial charge in [-0.05, 0) is 18.6 Å². The summed E-state index contributed by atoms with van der Waals surface area (Å²) in [5.74, 6) is 0.773. The van der Waals surface area contributed by atoms with Crippen LogP contribution in [-0.2, 0) is 0 Å². The van der Waals surface area contributed by atoms with E-state index in [0.717, 1.165) is 17.9 Å². The standard InChI is InChI=1S/C13H18ClNO2/c1-13(2)11(7-12(13)16)15-10-6-8(17-3)4-5-9(10)14/h4-6,11-12,15-16H,7H2,1-3H3. The smallest absolute Gasteiger partial charge is 0.121 e. The van der Waals surface area contributed by atoms with Crippen LogP contribution in [-0.4, -0.2) is 24.4 Å². The average Bonchev–Trinajstić information content (AvgIpc) is 2.31. The first kappa shape index (κ1) is 12.5. The van der Waals surface area contributed by atoms with Crippen LogP contribution < -0.4 is 10.1 Å². The van der Waals surface area contributed by atoms with Gasteiger partial charge in [-0.1, -0.05) is 25.4 Å². The van der Waals surface area contributed by atoms with Gasteiger partial charge in [-0.3, -0.25) is 0 Å². The van der Waals surface area contributed by atoms with Crippen molar-refractivity contribution in [3.05, 3.63) is 23.2 Å². The summed E-state index contributed by atoms with van der Waals surface area (Å²) < 4.78 is 5.17. The molecule has 1 aromatic carbocycles. The summed E-state index contributed by atoms with van der Waals surface area (Å²) in [5, 5.41) is 13.7. The van der Waals surface area contributed by atoms with E-state index in [2.05, 4.69) is 5.32 Å². The van der Waals surface area contributed by atoms with Gasteiger partial charge in [0.15, 0.2) is 0 Å². The van der Waals surface area contributed by atoms with Crippen LogP contribution in [0.1, 0.15) is 20.3 Å². The number of hydrogen-bond donors (Lipinski definition) is 2. The van der Waals surface area contributed by atoms with Gasteiger partial charge in [0.05, 0.1) is 23.9 Å². The number of methoxy groups -OCH3 is 1. The molecule has 1 aromatic rings. The van der Waals surface area contributed by atoms with Gasteiger partial charge >= 0.3 is 0 Å². The number of aliphatic hydroxyl groups is 1. The first-order valence-corrected chi connectivity index (χ1v) is 6.11. The lowest BCUT2D eigenvalue weighted by atomic mass is 9.64. The Kier molecular flexibility index (Phi) is 3.23. The summed E-state index contributed by atoms with van der Waals surface area (Å²) in [5.41, 5.74) is 0.739. The molecule has 1 saturated carbocycles. The van der Waals surface area contributed by atoms with Crippen LogP contribution >= 0.6 is 11.6 Å². The van der Waals surface area contributed by atoms with Gasteiger partial charge in [0.25, 0.3) is 0 Å². The van der Waals surface area contributed by atoms with Crippen LogP contribution in [0.3, 0.4) is 0 Å². The molecule has 0 aliphatic heterocycles. The Bertz CT molecular complexity index is 420. The van der Waals surface area contributed by atoms with Gasteiger partial charge in [-0.15, -0.1) is 0 Å². The normalized spacial score (nSPS) is 26.2. The highest BCUT2D eigenvalue weighted by Crippen LogP contribution is 2.43. The van der Waals surface area contributed by atoms with Gasteiger partial charge in [0.1, 0.15) is 5.75 Å². The van der Waals surface area contributed by atoms with Crippen molar-refractivity contribution in [3.8, 4) is 5.75 Å². The SMILES string of the molecule is COc1ccc(Cl)c(NC2CC(O)C2(C)C)c1. The Morgan fingerprint density at radius 3 is 2.71 bits per heavy atom. The van der Waals surface area contributed by atoms with Gasteiger partial charge in [0, 0.05) is 17.5 Å². The van der Waals surface area contributed by atoms with E-state index in [9.17, 15) is 5.11 Å². The Labute approximate surface area is 107 Å². The predicted molar refractivity (Wildman–Crippen MR) is 69.8 cm³/mol. The van der Waals surface area contributed by atoms with Crippen LogP contribution in [0.5, 0.6) is 5.75 Å². The lowest BCUT2D eigenvalue weighted by molar-refractivity contribution is -0.0510. The number of benzene rings is 1. The van der Waals surface area contributed by atoms with Crippen molar-refractivity contribution in [1.82, 2.24) is 0 Å². The Morgan fingerprint density at radius 1 is 1.47 bits per heavy atom. The van der Waals surface area contributed by atoms with Crippen LogP contribution in [0, 0.1) is 5.41 Å². The van der Waals surface area contributed by atoms with Crippen molar-refractivity contribution in [1.29, 1.82) is 0 Å². The van der Waals surface area contributed by atoms with Crippen LogP contribution in [0.4, 0.5) is 5.69 Å². The second-order valence-corrected chi connectivity index (χ2v) is 5.52. The number of hydrogen-bond acceptors (Lipinski definition) is 3. The minimum Gasteiger partial charge on any atom is -0.497 e. The summed E-state index contributed by atoms with van der Waals surface area (Å²) >= 11 is 6.13. The summed E-state index contributed by atoms with van der Waals surface area (Å²) in [6.07, 6.45) is 0.505. The number of anilines is 1. The third kappa shape index (κ3) is 2.22. The minimum absolute atomic E-state index is 0.119. The number of nitrogens with one attached hydrogen (secondary N) is 1. The monoisotopic (exact) mass is 255 g/mol. The number of halogens is 1. The summed E-state index contributed by atoms with van der Waals surface area (Å²) in [6.45, 7) is 4.10. The van der Waals surface area contributed by atoms with Crippen molar-refractivity contribution in [2.45, 2.75) is 32.4 Å². The van der Waals surface area contributed by atoms with Crippen LogP contribution in [0.25, 0.3) is 0 Å². The van der Waals surface area contributed by atoms with E-state index in [1.807, 2.05) is 32.0 Å². The third-order valence-corrected chi connectivity index (χ3v) is 4.05. The van der Waals surface area contributed by atoms with Crippen LogP contribution in [0.15, 0.2) is 18.2 Å². The highest BCUT2D eigenvalue weighted by atomic mass is 35.5. The fourth-order valence-electron chi connectivity index (χ4n) is 2.08. The molecule has 2 N–H and O–H groups in total. The van der Waals surface area contributed by atoms with Crippen molar-refractivity contribution in [2.24, 2.45) is 5.41 Å². The van der Waals surface area contributed by atoms with Crippen molar-refractivity contribution in [2.75, 3.05) is 12.4 Å². The molecule has 0 bridgehead atoms. The molecule has 2 rings (SSSR count). The van der Waals surface area contributed by atoms with E-state index in [1.165, 1.54) is 0 Å². The van der Waals surface area contributed by atoms with E-state index in [1.54, 1.807) is 7.11 Å². The zero-order valence-electron chi connectivity index (χ0n) is 10.3. The quantitative estimate of drug-likeness (QED) is 0.873. The molecule has 0 saturated heterocycles. The van der Waals surface area contributed by atoms with Gasteiger partial charge in [0.2, 0.25) is 0 Å². The molecule has 94 valence electrons. The number of ether oxygens (including phenoxy) is 1. The maximum Gasteiger partial charge on any atom is 0.121 e. The molecule has 17 heavy (non-hydrogen) atoms. The van der Waals surface area contributed by atoms with E-state index < -0.39 is 0 Å². The summed E-state index contributed by atoms with van der Waals surface area (Å²) in [6, 6.07) is 5.75. The van der Waals surface area contributed by atoms with Crippen molar-refractivity contribution < 1.29 is 9.84 Å². The molecule has 0 radical (unpaired) electrons. The molecule has 1 aliphatic carbocycles. The molecule has 3 nitrogen and oxygen atoms in total. The molecule has 0 spiro atoms. The topological polar surface area (TPSA) is 41.5 Å². The zero-order chi connectivity index (χ0) is 12.6. The molecule has 0 aromatic heterocycles. The van der Waals surface area contributed by atoms with E-state index in [-0.39, 0.29) is 17.6 Å². The molecule has 1 fully saturated rings. The maximum absolute atomic E-state index is 9.70. The second kappa shape index (κ2) is 4.39. The van der Waals surface area contributed by atoms with E-state index in [0.29, 0.717) is 5.02 Å². The Hall–Kier alpha value is -0.930. The molecule has 1 aliphatic rings. The molecular formula is C13H18ClNO2. The van der Waals surface area contributed by atoms with Gasteiger partial charge < -0.3 is 15.2 Å². The fourth-order valence-corrected chi connectivity index (χ4v) is 2.25. The molecule has 0 amide bonds. The molecule has 2 unspecified atom stereocenters. The average molecular weight is 256 g/mol. The first-order chi connectivity index (χ1) is 7.95. The maximum atomic E-state index is 9.70. The van der Waals surface area contributed by atoms with Gasteiger partial charge in [-0.25, -0.2) is 0 Å². The second-order valence-electron chi connectivity index (χ2n) is 5.12. The van der Waals surface area contributed by atoms with E-state index >= 15 is 0 Å². The Balaban J connectivity index is 2.14. The lowest BCUT2D eigenvalue weighted by Gasteiger charge is -2.50. The predicted octanol–water partition coefficient (Wildman–Crippen LogP) is 2.92. The first-order valence-electron chi connectivity index (χ1n) is 5.73. The molecular weight excluding hydrogens is 238 g/mol. The fraction of sp³-hybridized carbons (Fsp3) is 0.538. The number of aliphatic hydroxyl groups excluding tert-OH is 1.